The Morgan fingerprint density at radius 1 is 1.04 bits per heavy atom. The van der Waals surface area contributed by atoms with Gasteiger partial charge in [-0.2, -0.15) is 0 Å². The predicted octanol–water partition coefficient (Wildman–Crippen LogP) is 6.82. The number of carbonyl (C=O) groups is 1. The molecule has 0 aromatic heterocycles. The van der Waals surface area contributed by atoms with Crippen molar-refractivity contribution in [2.45, 2.75) is 91.9 Å². The van der Waals surface area contributed by atoms with E-state index in [1.807, 2.05) is 0 Å². The van der Waals surface area contributed by atoms with Crippen LogP contribution in [-0.4, -0.2) is 5.78 Å². The molecule has 7 atom stereocenters. The quantitative estimate of drug-likeness (QED) is 0.507. The molecule has 0 aliphatic heterocycles. The Kier molecular flexibility index (Phi) is 4.68. The molecule has 1 heteroatoms. The smallest absolute Gasteiger partial charge is 0.135 e. The van der Waals surface area contributed by atoms with E-state index in [0.29, 0.717) is 22.5 Å². The van der Waals surface area contributed by atoms with E-state index in [0.717, 1.165) is 30.1 Å². The molecular formula is C25H40O. The van der Waals surface area contributed by atoms with E-state index in [1.54, 1.807) is 0 Å². The summed E-state index contributed by atoms with van der Waals surface area (Å²) in [5.41, 5.74) is 2.52. The zero-order chi connectivity index (χ0) is 18.7. The molecule has 0 saturated heterocycles. The van der Waals surface area contributed by atoms with Crippen molar-refractivity contribution in [2.75, 3.05) is 0 Å². The second kappa shape index (κ2) is 6.49. The largest absolute Gasteiger partial charge is 0.299 e. The van der Waals surface area contributed by atoms with Crippen LogP contribution >= 0.6 is 0 Å². The molecule has 0 amide bonds. The third kappa shape index (κ3) is 2.75. The summed E-state index contributed by atoms with van der Waals surface area (Å²) in [7, 11) is 0. The van der Waals surface area contributed by atoms with Crippen LogP contribution in [-0.2, 0) is 4.79 Å². The zero-order valence-corrected chi connectivity index (χ0v) is 17.7. The van der Waals surface area contributed by atoms with Crippen molar-refractivity contribution in [3.63, 3.8) is 0 Å². The van der Waals surface area contributed by atoms with Crippen LogP contribution in [0.5, 0.6) is 0 Å². The summed E-state index contributed by atoms with van der Waals surface area (Å²) >= 11 is 0. The first kappa shape index (κ1) is 18.8. The Balaban J connectivity index is 1.54. The number of hydrogen-bond donors (Lipinski definition) is 0. The minimum absolute atomic E-state index is 0.207. The molecule has 4 saturated carbocycles. The van der Waals surface area contributed by atoms with Gasteiger partial charge in [0, 0.05) is 12.3 Å². The Labute approximate surface area is 161 Å². The number of allylic oxidation sites excluding steroid dienone is 1. The number of hydrogen-bond acceptors (Lipinski definition) is 1. The summed E-state index contributed by atoms with van der Waals surface area (Å²) in [5.74, 6) is 5.01. The van der Waals surface area contributed by atoms with Gasteiger partial charge in [-0.3, -0.25) is 4.79 Å². The topological polar surface area (TPSA) is 17.1 Å². The molecule has 0 bridgehead atoms. The third-order valence-electron chi connectivity index (χ3n) is 9.91. The van der Waals surface area contributed by atoms with Crippen LogP contribution in [0.15, 0.2) is 12.2 Å². The standard InChI is InChI=1S/C25H40O/c1-16(2)23(26)15-19-7-9-21-20-8-6-18-14-17(3)10-12-24(18,4)22(20)11-13-25(19,21)5/h16,18-22H,3,6-15H2,1-2,4-5H3/t18?,19-,20+,21+,22+,24+,25-/m1/s1. The minimum atomic E-state index is 0.207. The average molecular weight is 357 g/mol. The highest BCUT2D eigenvalue weighted by molar-refractivity contribution is 5.80. The van der Waals surface area contributed by atoms with Crippen LogP contribution in [0, 0.1) is 46.3 Å². The zero-order valence-electron chi connectivity index (χ0n) is 17.7. The second-order valence-electron chi connectivity index (χ2n) is 11.3. The fraction of sp³-hybridized carbons (Fsp3) is 0.880. The summed E-state index contributed by atoms with van der Waals surface area (Å²) < 4.78 is 0. The number of Topliss-reactive ketones (excluding diaryl/α,β-unsaturated/α-hetero) is 1. The average Bonchev–Trinajstić information content (AvgIpc) is 2.92. The number of rotatable bonds is 3. The van der Waals surface area contributed by atoms with Crippen LogP contribution in [0.4, 0.5) is 0 Å². The maximum atomic E-state index is 12.5. The second-order valence-corrected chi connectivity index (χ2v) is 11.3. The normalized spacial score (nSPS) is 48.0. The lowest BCUT2D eigenvalue weighted by molar-refractivity contribution is -0.127. The highest BCUT2D eigenvalue weighted by Gasteiger charge is 2.59. The number of ketones is 1. The van der Waals surface area contributed by atoms with E-state index >= 15 is 0 Å². The fourth-order valence-electron chi connectivity index (χ4n) is 8.08. The van der Waals surface area contributed by atoms with Gasteiger partial charge in [0.15, 0.2) is 0 Å². The monoisotopic (exact) mass is 356 g/mol. The minimum Gasteiger partial charge on any atom is -0.299 e. The van der Waals surface area contributed by atoms with E-state index < -0.39 is 0 Å². The molecule has 4 aliphatic rings. The Hall–Kier alpha value is -0.590. The predicted molar refractivity (Wildman–Crippen MR) is 109 cm³/mol. The molecule has 1 nitrogen and oxygen atoms in total. The van der Waals surface area contributed by atoms with Gasteiger partial charge in [-0.05, 0) is 98.2 Å². The molecule has 26 heavy (non-hydrogen) atoms. The molecule has 0 aromatic rings. The maximum Gasteiger partial charge on any atom is 0.135 e. The van der Waals surface area contributed by atoms with Crippen molar-refractivity contribution in [3.8, 4) is 0 Å². The van der Waals surface area contributed by atoms with Crippen LogP contribution in [0.3, 0.4) is 0 Å². The number of carbonyl (C=O) groups excluding carboxylic acids is 1. The molecule has 4 aliphatic carbocycles. The van der Waals surface area contributed by atoms with Crippen molar-refractivity contribution in [3.05, 3.63) is 12.2 Å². The SMILES string of the molecule is C=C1CC[C@@]2(C)C(CC[C@H]3[C@@H]4CC[C@H](CC(=O)C(C)C)[C@@]4(C)CC[C@@H]32)C1. The van der Waals surface area contributed by atoms with Crippen LogP contribution in [0.1, 0.15) is 91.9 Å². The Morgan fingerprint density at radius 2 is 1.77 bits per heavy atom. The van der Waals surface area contributed by atoms with Gasteiger partial charge in [0.2, 0.25) is 0 Å². The lowest BCUT2D eigenvalue weighted by Gasteiger charge is -2.60. The first-order valence-corrected chi connectivity index (χ1v) is 11.4. The summed E-state index contributed by atoms with van der Waals surface area (Å²) in [6, 6.07) is 0. The Bertz CT molecular complexity index is 589. The van der Waals surface area contributed by atoms with Crippen molar-refractivity contribution in [1.82, 2.24) is 0 Å². The maximum absolute atomic E-state index is 12.5. The molecule has 0 spiro atoms. The highest BCUT2D eigenvalue weighted by Crippen LogP contribution is 2.68. The molecule has 4 rings (SSSR count). The van der Waals surface area contributed by atoms with Gasteiger partial charge < -0.3 is 0 Å². The number of fused-ring (bicyclic) bond motifs is 5. The van der Waals surface area contributed by atoms with Gasteiger partial charge >= 0.3 is 0 Å². The summed E-state index contributed by atoms with van der Waals surface area (Å²) in [4.78, 5) is 12.5. The molecule has 0 radical (unpaired) electrons. The molecule has 1 unspecified atom stereocenters. The van der Waals surface area contributed by atoms with Gasteiger partial charge in [-0.1, -0.05) is 39.8 Å². The third-order valence-corrected chi connectivity index (χ3v) is 9.91. The fourth-order valence-corrected chi connectivity index (χ4v) is 8.08. The van der Waals surface area contributed by atoms with Gasteiger partial charge in [-0.15, -0.1) is 0 Å². The first-order valence-electron chi connectivity index (χ1n) is 11.4. The van der Waals surface area contributed by atoms with E-state index in [4.69, 9.17) is 0 Å². The van der Waals surface area contributed by atoms with E-state index in [9.17, 15) is 4.79 Å². The van der Waals surface area contributed by atoms with Crippen LogP contribution in [0.2, 0.25) is 0 Å². The Morgan fingerprint density at radius 3 is 2.50 bits per heavy atom. The molecule has 0 heterocycles. The van der Waals surface area contributed by atoms with E-state index in [-0.39, 0.29) is 5.92 Å². The van der Waals surface area contributed by atoms with Crippen LogP contribution < -0.4 is 0 Å². The van der Waals surface area contributed by atoms with Crippen molar-refractivity contribution in [1.29, 1.82) is 0 Å². The van der Waals surface area contributed by atoms with Crippen molar-refractivity contribution < 1.29 is 4.79 Å². The van der Waals surface area contributed by atoms with Gasteiger partial charge in [0.25, 0.3) is 0 Å². The first-order chi connectivity index (χ1) is 12.3. The van der Waals surface area contributed by atoms with Crippen molar-refractivity contribution >= 4 is 5.78 Å². The molecular weight excluding hydrogens is 316 g/mol. The molecule has 0 N–H and O–H groups in total. The molecule has 146 valence electrons. The van der Waals surface area contributed by atoms with Gasteiger partial charge in [-0.25, -0.2) is 0 Å². The lowest BCUT2D eigenvalue weighted by Crippen LogP contribution is -2.53. The molecule has 0 aromatic carbocycles. The van der Waals surface area contributed by atoms with Crippen molar-refractivity contribution in [2.24, 2.45) is 46.3 Å². The van der Waals surface area contributed by atoms with Gasteiger partial charge in [0.1, 0.15) is 5.78 Å². The highest BCUT2D eigenvalue weighted by atomic mass is 16.1. The van der Waals surface area contributed by atoms with Gasteiger partial charge in [0.05, 0.1) is 0 Å². The summed E-state index contributed by atoms with van der Waals surface area (Å²) in [6.45, 7) is 13.7. The summed E-state index contributed by atoms with van der Waals surface area (Å²) in [5, 5.41) is 0. The van der Waals surface area contributed by atoms with E-state index in [2.05, 4.69) is 34.3 Å². The lowest BCUT2D eigenvalue weighted by atomic mass is 9.44. The summed E-state index contributed by atoms with van der Waals surface area (Å²) in [6.07, 6.45) is 13.2. The van der Waals surface area contributed by atoms with E-state index in [1.165, 1.54) is 63.4 Å². The molecule has 4 fully saturated rings. The van der Waals surface area contributed by atoms with Crippen LogP contribution in [0.25, 0.3) is 0 Å².